The molecule has 1 aliphatic rings. The largest absolute Gasteiger partial charge is 0.497 e. The topological polar surface area (TPSA) is 67.3 Å². The van der Waals surface area contributed by atoms with Crippen molar-refractivity contribution < 1.29 is 9.53 Å². The molecule has 0 saturated heterocycles. The van der Waals surface area contributed by atoms with Crippen LogP contribution in [0.5, 0.6) is 5.75 Å². The molecule has 0 unspecified atom stereocenters. The number of rotatable bonds is 5. The van der Waals surface area contributed by atoms with Gasteiger partial charge in [0.2, 0.25) is 0 Å². The molecule has 27 heavy (non-hydrogen) atoms. The Morgan fingerprint density at radius 2 is 1.93 bits per heavy atom. The summed E-state index contributed by atoms with van der Waals surface area (Å²) in [6.45, 7) is 1.29. The lowest BCUT2D eigenvalue weighted by molar-refractivity contribution is 0.0984. The summed E-state index contributed by atoms with van der Waals surface area (Å²) in [4.78, 5) is 23.1. The smallest absolute Gasteiger partial charge is 0.278 e. The monoisotopic (exact) mass is 360 g/mol. The van der Waals surface area contributed by atoms with Crippen LogP contribution < -0.4 is 15.0 Å². The van der Waals surface area contributed by atoms with Crippen molar-refractivity contribution in [3.63, 3.8) is 0 Å². The first-order valence-electron chi connectivity index (χ1n) is 8.83. The highest BCUT2D eigenvalue weighted by Gasteiger charge is 2.26. The van der Waals surface area contributed by atoms with Crippen molar-refractivity contribution in [2.75, 3.05) is 23.9 Å². The molecule has 0 bridgehead atoms. The average molecular weight is 360 g/mol. The summed E-state index contributed by atoms with van der Waals surface area (Å²) in [6, 6.07) is 15.8. The molecule has 0 fully saturated rings. The molecular formula is C21H20N4O2. The lowest BCUT2D eigenvalue weighted by Crippen LogP contribution is -2.29. The van der Waals surface area contributed by atoms with Crippen molar-refractivity contribution in [1.82, 2.24) is 9.97 Å². The molecule has 0 aliphatic carbocycles. The number of carbonyl (C=O) groups excluding carboxylic acids is 1. The van der Waals surface area contributed by atoms with Crippen molar-refractivity contribution >= 4 is 17.4 Å². The lowest BCUT2D eigenvalue weighted by Gasteiger charge is -2.16. The van der Waals surface area contributed by atoms with Crippen molar-refractivity contribution in [3.05, 3.63) is 77.7 Å². The molecule has 0 saturated carbocycles. The van der Waals surface area contributed by atoms with E-state index < -0.39 is 0 Å². The minimum Gasteiger partial charge on any atom is -0.497 e. The molecule has 0 spiro atoms. The number of amides is 1. The summed E-state index contributed by atoms with van der Waals surface area (Å²) < 4.78 is 5.15. The van der Waals surface area contributed by atoms with Crippen molar-refractivity contribution in [1.29, 1.82) is 0 Å². The highest BCUT2D eigenvalue weighted by molar-refractivity contribution is 6.05. The Morgan fingerprint density at radius 1 is 1.11 bits per heavy atom. The zero-order valence-corrected chi connectivity index (χ0v) is 15.1. The SMILES string of the molecule is COc1ccc(CNc2cnc(C(=O)N3CCc4ccccc43)cn2)cc1. The fraction of sp³-hybridized carbons (Fsp3) is 0.190. The Labute approximate surface area is 157 Å². The lowest BCUT2D eigenvalue weighted by atomic mass is 10.2. The Kier molecular flexibility index (Phi) is 4.70. The summed E-state index contributed by atoms with van der Waals surface area (Å²) in [5.41, 5.74) is 3.61. The fourth-order valence-electron chi connectivity index (χ4n) is 3.15. The number of hydrogen-bond acceptors (Lipinski definition) is 5. The van der Waals surface area contributed by atoms with E-state index in [9.17, 15) is 4.79 Å². The van der Waals surface area contributed by atoms with Gasteiger partial charge in [-0.1, -0.05) is 30.3 Å². The molecule has 4 rings (SSSR count). The highest BCUT2D eigenvalue weighted by atomic mass is 16.5. The van der Waals surface area contributed by atoms with Gasteiger partial charge in [-0.15, -0.1) is 0 Å². The predicted molar refractivity (Wildman–Crippen MR) is 104 cm³/mol. The van der Waals surface area contributed by atoms with E-state index in [1.807, 2.05) is 42.5 Å². The van der Waals surface area contributed by atoms with Gasteiger partial charge < -0.3 is 15.0 Å². The average Bonchev–Trinajstić information content (AvgIpc) is 3.16. The number of anilines is 2. The van der Waals surface area contributed by atoms with Crippen molar-refractivity contribution in [2.45, 2.75) is 13.0 Å². The van der Waals surface area contributed by atoms with Gasteiger partial charge in [0.05, 0.1) is 19.5 Å². The highest BCUT2D eigenvalue weighted by Crippen LogP contribution is 2.28. The van der Waals surface area contributed by atoms with Crippen LogP contribution in [0.4, 0.5) is 11.5 Å². The van der Waals surface area contributed by atoms with Crippen LogP contribution in [-0.2, 0) is 13.0 Å². The number of fused-ring (bicyclic) bond motifs is 1. The zero-order chi connectivity index (χ0) is 18.6. The van der Waals surface area contributed by atoms with Gasteiger partial charge in [-0.2, -0.15) is 0 Å². The Hall–Kier alpha value is -3.41. The Balaban J connectivity index is 1.40. The van der Waals surface area contributed by atoms with E-state index in [2.05, 4.69) is 21.4 Å². The van der Waals surface area contributed by atoms with Gasteiger partial charge in [-0.3, -0.25) is 4.79 Å². The molecule has 2 heterocycles. The molecule has 0 radical (unpaired) electrons. The molecule has 6 heteroatoms. The van der Waals surface area contributed by atoms with E-state index in [4.69, 9.17) is 4.74 Å². The molecule has 1 aliphatic heterocycles. The summed E-state index contributed by atoms with van der Waals surface area (Å²) in [7, 11) is 1.65. The molecule has 1 amide bonds. The van der Waals surface area contributed by atoms with Crippen LogP contribution in [0.3, 0.4) is 0 Å². The normalized spacial score (nSPS) is 12.6. The van der Waals surface area contributed by atoms with Gasteiger partial charge in [0.25, 0.3) is 5.91 Å². The van der Waals surface area contributed by atoms with E-state index >= 15 is 0 Å². The summed E-state index contributed by atoms with van der Waals surface area (Å²) >= 11 is 0. The number of carbonyl (C=O) groups is 1. The minimum absolute atomic E-state index is 0.117. The minimum atomic E-state index is -0.117. The van der Waals surface area contributed by atoms with Gasteiger partial charge in [0, 0.05) is 18.8 Å². The van der Waals surface area contributed by atoms with Crippen LogP contribution in [0.1, 0.15) is 21.6 Å². The number of ether oxygens (including phenoxy) is 1. The summed E-state index contributed by atoms with van der Waals surface area (Å²) in [6.07, 6.45) is 4.00. The van der Waals surface area contributed by atoms with E-state index in [1.165, 1.54) is 11.8 Å². The second-order valence-corrected chi connectivity index (χ2v) is 6.32. The fourth-order valence-corrected chi connectivity index (χ4v) is 3.15. The number of methoxy groups -OCH3 is 1. The van der Waals surface area contributed by atoms with Crippen LogP contribution >= 0.6 is 0 Å². The van der Waals surface area contributed by atoms with Crippen LogP contribution in [0.2, 0.25) is 0 Å². The molecule has 0 atom stereocenters. The first-order valence-corrected chi connectivity index (χ1v) is 8.83. The second-order valence-electron chi connectivity index (χ2n) is 6.32. The molecule has 2 aromatic carbocycles. The van der Waals surface area contributed by atoms with Gasteiger partial charge in [0.15, 0.2) is 0 Å². The number of nitrogens with one attached hydrogen (secondary N) is 1. The third-order valence-electron chi connectivity index (χ3n) is 4.64. The number of nitrogens with zero attached hydrogens (tertiary/aromatic N) is 3. The zero-order valence-electron chi connectivity index (χ0n) is 15.1. The molecule has 1 N–H and O–H groups in total. The van der Waals surface area contributed by atoms with E-state index in [1.54, 1.807) is 18.2 Å². The number of aromatic nitrogens is 2. The van der Waals surface area contributed by atoms with E-state index in [0.29, 0.717) is 24.6 Å². The Bertz CT molecular complexity index is 939. The van der Waals surface area contributed by atoms with Crippen molar-refractivity contribution in [2.24, 2.45) is 0 Å². The standard InChI is InChI=1S/C21H20N4O2/c1-27-17-8-6-15(7-9-17)12-23-20-14-22-18(13-24-20)21(26)25-11-10-16-4-2-3-5-19(16)25/h2-9,13-14H,10-12H2,1H3,(H,23,24). The van der Waals surface area contributed by atoms with Gasteiger partial charge in [0.1, 0.15) is 17.3 Å². The molecule has 6 nitrogen and oxygen atoms in total. The van der Waals surface area contributed by atoms with Crippen LogP contribution in [0.25, 0.3) is 0 Å². The third-order valence-corrected chi connectivity index (χ3v) is 4.64. The predicted octanol–water partition coefficient (Wildman–Crippen LogP) is 3.30. The first-order chi connectivity index (χ1) is 13.2. The molecular weight excluding hydrogens is 340 g/mol. The maximum absolute atomic E-state index is 12.8. The number of benzene rings is 2. The first kappa shape index (κ1) is 17.0. The Morgan fingerprint density at radius 3 is 2.67 bits per heavy atom. The molecule has 1 aromatic heterocycles. The quantitative estimate of drug-likeness (QED) is 0.756. The maximum atomic E-state index is 12.8. The van der Waals surface area contributed by atoms with E-state index in [0.717, 1.165) is 23.4 Å². The van der Waals surface area contributed by atoms with Gasteiger partial charge in [-0.05, 0) is 35.7 Å². The second kappa shape index (κ2) is 7.45. The molecule has 3 aromatic rings. The van der Waals surface area contributed by atoms with Gasteiger partial charge >= 0.3 is 0 Å². The van der Waals surface area contributed by atoms with E-state index in [-0.39, 0.29) is 5.91 Å². The van der Waals surface area contributed by atoms with Gasteiger partial charge in [-0.25, -0.2) is 9.97 Å². The number of hydrogen-bond donors (Lipinski definition) is 1. The van der Waals surface area contributed by atoms with Crippen LogP contribution in [-0.4, -0.2) is 29.5 Å². The summed E-state index contributed by atoms with van der Waals surface area (Å²) in [5, 5.41) is 3.21. The van der Waals surface area contributed by atoms with Crippen molar-refractivity contribution in [3.8, 4) is 5.75 Å². The van der Waals surface area contributed by atoms with Crippen LogP contribution in [0, 0.1) is 0 Å². The third kappa shape index (κ3) is 3.60. The maximum Gasteiger partial charge on any atom is 0.278 e. The van der Waals surface area contributed by atoms with Crippen LogP contribution in [0.15, 0.2) is 60.9 Å². The molecule has 136 valence electrons. The number of para-hydroxylation sites is 1. The summed E-state index contributed by atoms with van der Waals surface area (Å²) in [5.74, 6) is 1.34.